The van der Waals surface area contributed by atoms with Crippen molar-refractivity contribution in [1.29, 1.82) is 0 Å². The van der Waals surface area contributed by atoms with Crippen molar-refractivity contribution in [3.05, 3.63) is 83.4 Å². The van der Waals surface area contributed by atoms with Crippen LogP contribution >= 0.6 is 0 Å². The van der Waals surface area contributed by atoms with Crippen LogP contribution in [0.4, 0.5) is 16.0 Å². The zero-order valence-electron chi connectivity index (χ0n) is 15.3. The average molecular weight is 378 g/mol. The summed E-state index contributed by atoms with van der Waals surface area (Å²) in [5.74, 6) is -0.226. The zero-order valence-corrected chi connectivity index (χ0v) is 15.3. The van der Waals surface area contributed by atoms with Crippen LogP contribution in [-0.4, -0.2) is 28.2 Å². The second-order valence-corrected chi connectivity index (χ2v) is 6.19. The molecule has 0 bridgehead atoms. The second kappa shape index (κ2) is 8.85. The van der Waals surface area contributed by atoms with Crippen LogP contribution in [0.25, 0.3) is 0 Å². The molecule has 142 valence electrons. The summed E-state index contributed by atoms with van der Waals surface area (Å²) in [4.78, 5) is 31.8. The first-order chi connectivity index (χ1) is 13.5. The van der Waals surface area contributed by atoms with Crippen molar-refractivity contribution in [1.82, 2.24) is 9.97 Å². The van der Waals surface area contributed by atoms with E-state index in [-0.39, 0.29) is 17.5 Å². The molecule has 2 N–H and O–H groups in total. The molecule has 0 aliphatic rings. The van der Waals surface area contributed by atoms with Gasteiger partial charge in [0.05, 0.1) is 5.56 Å². The van der Waals surface area contributed by atoms with Crippen molar-refractivity contribution in [2.24, 2.45) is 0 Å². The van der Waals surface area contributed by atoms with Crippen LogP contribution in [0.5, 0.6) is 0 Å². The fraction of sp³-hybridized carbons (Fsp3) is 0.143. The summed E-state index contributed by atoms with van der Waals surface area (Å²) in [6.45, 7) is 2.07. The molecule has 3 aromatic rings. The number of hydrogen-bond donors (Lipinski definition) is 2. The maximum atomic E-state index is 12.9. The summed E-state index contributed by atoms with van der Waals surface area (Å²) in [5, 5.41) is 5.79. The fourth-order valence-electron chi connectivity index (χ4n) is 2.50. The molecule has 1 amide bonds. The molecule has 3 rings (SSSR count). The average Bonchev–Trinajstić information content (AvgIpc) is 2.70. The lowest BCUT2D eigenvalue weighted by molar-refractivity contribution is 0.101. The third kappa shape index (κ3) is 5.20. The number of Topliss-reactive ketones (excluding diaryl/α,β-unsaturated/α-hetero) is 1. The monoisotopic (exact) mass is 378 g/mol. The Morgan fingerprint density at radius 3 is 2.18 bits per heavy atom. The van der Waals surface area contributed by atoms with Crippen LogP contribution < -0.4 is 10.6 Å². The van der Waals surface area contributed by atoms with Crippen molar-refractivity contribution in [3.8, 4) is 0 Å². The van der Waals surface area contributed by atoms with E-state index in [4.69, 9.17) is 0 Å². The van der Waals surface area contributed by atoms with E-state index >= 15 is 0 Å². The summed E-state index contributed by atoms with van der Waals surface area (Å²) in [7, 11) is 0. The van der Waals surface area contributed by atoms with Crippen LogP contribution in [-0.2, 0) is 6.42 Å². The molecule has 28 heavy (non-hydrogen) atoms. The van der Waals surface area contributed by atoms with Crippen LogP contribution in [0, 0.1) is 5.82 Å². The van der Waals surface area contributed by atoms with Gasteiger partial charge in [-0.25, -0.2) is 14.4 Å². The van der Waals surface area contributed by atoms with E-state index in [9.17, 15) is 14.0 Å². The molecule has 1 aromatic heterocycles. The Labute approximate surface area is 161 Å². The number of halogens is 1. The number of nitrogens with zero attached hydrogens (tertiary/aromatic N) is 2. The molecule has 0 unspecified atom stereocenters. The highest BCUT2D eigenvalue weighted by molar-refractivity contribution is 6.04. The lowest BCUT2D eigenvalue weighted by Gasteiger charge is -2.07. The first-order valence-electron chi connectivity index (χ1n) is 8.74. The third-order valence-electron chi connectivity index (χ3n) is 4.07. The normalized spacial score (nSPS) is 10.4. The summed E-state index contributed by atoms with van der Waals surface area (Å²) in [6, 6.07) is 13.0. The fourth-order valence-corrected chi connectivity index (χ4v) is 2.50. The topological polar surface area (TPSA) is 84.0 Å². The lowest BCUT2D eigenvalue weighted by atomic mass is 10.1. The summed E-state index contributed by atoms with van der Waals surface area (Å²) < 4.78 is 12.9. The predicted octanol–water partition coefficient (Wildman–Crippen LogP) is 3.73. The van der Waals surface area contributed by atoms with Gasteiger partial charge >= 0.3 is 0 Å². The Balaban J connectivity index is 1.52. The van der Waals surface area contributed by atoms with Gasteiger partial charge in [-0.3, -0.25) is 9.59 Å². The van der Waals surface area contributed by atoms with Gasteiger partial charge in [0.25, 0.3) is 5.91 Å². The van der Waals surface area contributed by atoms with Crippen LogP contribution in [0.15, 0.2) is 60.9 Å². The largest absolute Gasteiger partial charge is 0.354 e. The van der Waals surface area contributed by atoms with E-state index in [0.717, 1.165) is 5.56 Å². The predicted molar refractivity (Wildman–Crippen MR) is 105 cm³/mol. The zero-order chi connectivity index (χ0) is 19.9. The first-order valence-corrected chi connectivity index (χ1v) is 8.74. The second-order valence-electron chi connectivity index (χ2n) is 6.19. The van der Waals surface area contributed by atoms with Gasteiger partial charge in [0.15, 0.2) is 5.78 Å². The maximum absolute atomic E-state index is 12.9. The molecule has 6 nitrogen and oxygen atoms in total. The highest BCUT2D eigenvalue weighted by atomic mass is 19.1. The number of aromatic nitrogens is 2. The Morgan fingerprint density at radius 2 is 1.57 bits per heavy atom. The summed E-state index contributed by atoms with van der Waals surface area (Å²) in [6.07, 6.45) is 3.57. The van der Waals surface area contributed by atoms with E-state index in [0.29, 0.717) is 35.7 Å². The van der Waals surface area contributed by atoms with Crippen molar-refractivity contribution < 1.29 is 14.0 Å². The van der Waals surface area contributed by atoms with Gasteiger partial charge in [-0.05, 0) is 55.3 Å². The molecule has 2 aromatic carbocycles. The Bertz CT molecular complexity index is 955. The van der Waals surface area contributed by atoms with Gasteiger partial charge in [-0.1, -0.05) is 12.1 Å². The number of nitrogens with one attached hydrogen (secondary N) is 2. The molecule has 0 spiro atoms. The Hall–Kier alpha value is -3.61. The van der Waals surface area contributed by atoms with Crippen molar-refractivity contribution in [2.75, 3.05) is 17.2 Å². The lowest BCUT2D eigenvalue weighted by Crippen LogP contribution is -2.14. The Morgan fingerprint density at radius 1 is 0.929 bits per heavy atom. The minimum atomic E-state index is -0.339. The maximum Gasteiger partial charge on any atom is 0.258 e. The molecule has 0 saturated heterocycles. The summed E-state index contributed by atoms with van der Waals surface area (Å²) >= 11 is 0. The first kappa shape index (κ1) is 19.2. The quantitative estimate of drug-likeness (QED) is 0.612. The molecule has 0 saturated carbocycles. The molecule has 7 heteroatoms. The SMILES string of the molecule is CC(=O)c1ccc(NC(=O)c2cnc(NCCc3ccc(F)cc3)nc2)cc1. The molecule has 0 radical (unpaired) electrons. The number of rotatable bonds is 7. The molecular formula is C21H19FN4O2. The van der Waals surface area contributed by atoms with Crippen LogP contribution in [0.3, 0.4) is 0 Å². The van der Waals surface area contributed by atoms with Crippen molar-refractivity contribution >= 4 is 23.3 Å². The number of amides is 1. The highest BCUT2D eigenvalue weighted by Crippen LogP contribution is 2.12. The number of carbonyl (C=O) groups is 2. The number of carbonyl (C=O) groups excluding carboxylic acids is 2. The van der Waals surface area contributed by atoms with Gasteiger partial charge < -0.3 is 10.6 Å². The number of anilines is 2. The van der Waals surface area contributed by atoms with Crippen molar-refractivity contribution in [3.63, 3.8) is 0 Å². The minimum absolute atomic E-state index is 0.0335. The van der Waals surface area contributed by atoms with Gasteiger partial charge in [0.2, 0.25) is 5.95 Å². The molecule has 0 atom stereocenters. The van der Waals surface area contributed by atoms with Gasteiger partial charge in [-0.2, -0.15) is 0 Å². The van der Waals surface area contributed by atoms with Crippen LogP contribution in [0.2, 0.25) is 0 Å². The van der Waals surface area contributed by atoms with Gasteiger partial charge in [-0.15, -0.1) is 0 Å². The molecule has 1 heterocycles. The highest BCUT2D eigenvalue weighted by Gasteiger charge is 2.08. The number of hydrogen-bond acceptors (Lipinski definition) is 5. The molecular weight excluding hydrogens is 359 g/mol. The standard InChI is InChI=1S/C21H19FN4O2/c1-14(27)16-4-8-19(9-5-16)26-20(28)17-12-24-21(25-13-17)23-11-10-15-2-6-18(22)7-3-15/h2-9,12-13H,10-11H2,1H3,(H,26,28)(H,23,24,25). The van der Waals surface area contributed by atoms with E-state index < -0.39 is 0 Å². The smallest absolute Gasteiger partial charge is 0.258 e. The Kier molecular flexibility index (Phi) is 6.06. The number of benzene rings is 2. The minimum Gasteiger partial charge on any atom is -0.354 e. The van der Waals surface area contributed by atoms with Crippen LogP contribution in [0.1, 0.15) is 33.2 Å². The summed E-state index contributed by atoms with van der Waals surface area (Å²) in [5.41, 5.74) is 2.48. The van der Waals surface area contributed by atoms with Crippen molar-refractivity contribution in [2.45, 2.75) is 13.3 Å². The molecule has 0 aliphatic heterocycles. The van der Waals surface area contributed by atoms with E-state index in [2.05, 4.69) is 20.6 Å². The molecule has 0 fully saturated rings. The van der Waals surface area contributed by atoms with E-state index in [1.165, 1.54) is 31.5 Å². The van der Waals surface area contributed by atoms with E-state index in [1.807, 2.05) is 0 Å². The number of ketones is 1. The van der Waals surface area contributed by atoms with E-state index in [1.54, 1.807) is 36.4 Å². The van der Waals surface area contributed by atoms with Gasteiger partial charge in [0, 0.05) is 30.2 Å². The third-order valence-corrected chi connectivity index (χ3v) is 4.07. The van der Waals surface area contributed by atoms with Gasteiger partial charge in [0.1, 0.15) is 5.82 Å². The molecule has 0 aliphatic carbocycles.